The summed E-state index contributed by atoms with van der Waals surface area (Å²) in [5.74, 6) is -2.50. The van der Waals surface area contributed by atoms with Gasteiger partial charge in [0.15, 0.2) is 0 Å². The summed E-state index contributed by atoms with van der Waals surface area (Å²) in [5, 5.41) is 12.1. The summed E-state index contributed by atoms with van der Waals surface area (Å²) < 4.78 is 5.23. The molecule has 1 unspecified atom stereocenters. The van der Waals surface area contributed by atoms with Crippen molar-refractivity contribution in [1.82, 2.24) is 9.97 Å². The lowest BCUT2D eigenvalue weighted by Crippen LogP contribution is -2.30. The number of benzene rings is 2. The number of esters is 1. The number of aliphatic hydroxyl groups is 1. The van der Waals surface area contributed by atoms with Crippen LogP contribution in [-0.4, -0.2) is 39.3 Å². The maximum Gasteiger partial charge on any atom is 0.338 e. The molecule has 8 heteroatoms. The number of aromatic amines is 1. The number of hydrogen-bond acceptors (Lipinski definition) is 6. The summed E-state index contributed by atoms with van der Waals surface area (Å²) in [6.07, 6.45) is 3.83. The zero-order valence-corrected chi connectivity index (χ0v) is 19.5. The highest BCUT2D eigenvalue weighted by molar-refractivity contribution is 6.51. The first-order valence-corrected chi connectivity index (χ1v) is 11.6. The number of nitrogens with zero attached hydrogens (tertiary/aromatic N) is 2. The number of carbonyl (C=O) groups excluding carboxylic acids is 3. The van der Waals surface area contributed by atoms with Crippen molar-refractivity contribution in [2.45, 2.75) is 19.4 Å². The molecule has 8 nitrogen and oxygen atoms in total. The molecule has 4 aromatic rings. The topological polar surface area (TPSA) is 113 Å². The van der Waals surface area contributed by atoms with Crippen LogP contribution in [0.3, 0.4) is 0 Å². The van der Waals surface area contributed by atoms with Crippen molar-refractivity contribution in [3.05, 3.63) is 102 Å². The minimum atomic E-state index is -0.998. The largest absolute Gasteiger partial charge is 0.507 e. The predicted octanol–water partition coefficient (Wildman–Crippen LogP) is 4.76. The lowest BCUT2D eigenvalue weighted by molar-refractivity contribution is -0.132. The van der Waals surface area contributed by atoms with E-state index in [1.165, 1.54) is 11.0 Å². The van der Waals surface area contributed by atoms with E-state index >= 15 is 0 Å². The minimum Gasteiger partial charge on any atom is -0.507 e. The Morgan fingerprint density at radius 2 is 1.89 bits per heavy atom. The maximum absolute atomic E-state index is 13.4. The number of aromatic nitrogens is 2. The highest BCUT2D eigenvalue weighted by Gasteiger charge is 2.48. The third-order valence-corrected chi connectivity index (χ3v) is 6.05. The van der Waals surface area contributed by atoms with Gasteiger partial charge in [0.1, 0.15) is 11.8 Å². The van der Waals surface area contributed by atoms with Gasteiger partial charge in [-0.15, -0.1) is 0 Å². The number of nitrogens with one attached hydrogen (secondary N) is 1. The zero-order valence-electron chi connectivity index (χ0n) is 19.5. The van der Waals surface area contributed by atoms with Crippen molar-refractivity contribution in [2.75, 3.05) is 11.5 Å². The highest BCUT2D eigenvalue weighted by atomic mass is 16.5. The van der Waals surface area contributed by atoms with Gasteiger partial charge in [0, 0.05) is 34.5 Å². The molecule has 1 atom stereocenters. The van der Waals surface area contributed by atoms with Gasteiger partial charge < -0.3 is 14.8 Å². The van der Waals surface area contributed by atoms with Crippen molar-refractivity contribution in [3.8, 4) is 0 Å². The molecule has 1 saturated heterocycles. The number of para-hydroxylation sites is 1. The molecule has 0 spiro atoms. The Morgan fingerprint density at radius 3 is 2.67 bits per heavy atom. The molecule has 2 aromatic heterocycles. The van der Waals surface area contributed by atoms with E-state index in [-0.39, 0.29) is 23.5 Å². The first-order chi connectivity index (χ1) is 17.5. The summed E-state index contributed by atoms with van der Waals surface area (Å²) in [6.45, 7) is 2.16. The molecule has 1 fully saturated rings. The number of anilines is 1. The van der Waals surface area contributed by atoms with Crippen LogP contribution in [0, 0.1) is 0 Å². The second-order valence-electron chi connectivity index (χ2n) is 8.36. The van der Waals surface area contributed by atoms with Crippen LogP contribution in [0.15, 0.2) is 84.7 Å². The Balaban J connectivity index is 1.67. The number of fused-ring (bicyclic) bond motifs is 1. The lowest BCUT2D eigenvalue weighted by Gasteiger charge is -2.24. The maximum atomic E-state index is 13.4. The van der Waals surface area contributed by atoms with E-state index in [4.69, 9.17) is 4.74 Å². The first-order valence-electron chi connectivity index (χ1n) is 11.6. The number of pyridine rings is 1. The van der Waals surface area contributed by atoms with Crippen LogP contribution in [0.5, 0.6) is 0 Å². The number of Topliss-reactive ketones (excluding diaryl/α,β-unsaturated/α-hetero) is 1. The van der Waals surface area contributed by atoms with Gasteiger partial charge in [-0.3, -0.25) is 19.5 Å². The number of amides is 1. The van der Waals surface area contributed by atoms with Crippen LogP contribution in [0.4, 0.5) is 5.69 Å². The number of rotatable bonds is 6. The number of carbonyl (C=O) groups is 3. The van der Waals surface area contributed by atoms with Crippen LogP contribution < -0.4 is 4.90 Å². The fourth-order valence-corrected chi connectivity index (χ4v) is 4.39. The second kappa shape index (κ2) is 9.50. The average Bonchev–Trinajstić information content (AvgIpc) is 3.46. The standard InChI is InChI=1S/C28H23N3O5/c1-2-14-36-28(35)17-8-7-9-18(15-17)31-24(22-12-5-6-13-29-22)23(26(33)27(31)34)25(32)20-16-30-21-11-4-3-10-19(20)21/h3-13,15-16,24,30,32H,2,14H2,1H3/b25-23-. The van der Waals surface area contributed by atoms with Gasteiger partial charge in [0.2, 0.25) is 0 Å². The summed E-state index contributed by atoms with van der Waals surface area (Å²) in [6, 6.07) is 17.8. The van der Waals surface area contributed by atoms with E-state index < -0.39 is 23.7 Å². The van der Waals surface area contributed by atoms with Crippen LogP contribution >= 0.6 is 0 Å². The number of hydrogen-bond donors (Lipinski definition) is 2. The minimum absolute atomic E-state index is 0.0811. The molecule has 0 radical (unpaired) electrons. The van der Waals surface area contributed by atoms with E-state index in [1.807, 2.05) is 31.2 Å². The molecule has 3 heterocycles. The molecule has 0 saturated carbocycles. The third-order valence-electron chi connectivity index (χ3n) is 6.05. The van der Waals surface area contributed by atoms with E-state index in [0.717, 1.165) is 5.52 Å². The Kier molecular flexibility index (Phi) is 6.08. The Labute approximate surface area is 206 Å². The molecule has 36 heavy (non-hydrogen) atoms. The molecule has 0 bridgehead atoms. The SMILES string of the molecule is CCCOC(=O)c1cccc(N2C(=O)C(=O)/C(=C(\O)c3c[nH]c4ccccc34)C2c2ccccn2)c1. The number of H-pyrrole nitrogens is 1. The molecule has 1 aliphatic rings. The lowest BCUT2D eigenvalue weighted by atomic mass is 9.98. The van der Waals surface area contributed by atoms with Gasteiger partial charge in [-0.25, -0.2) is 4.79 Å². The molecule has 5 rings (SSSR count). The van der Waals surface area contributed by atoms with E-state index in [0.29, 0.717) is 28.8 Å². The fourth-order valence-electron chi connectivity index (χ4n) is 4.39. The molecule has 0 aliphatic carbocycles. The summed E-state index contributed by atoms with van der Waals surface area (Å²) in [7, 11) is 0. The van der Waals surface area contributed by atoms with E-state index in [2.05, 4.69) is 9.97 Å². The number of ether oxygens (including phenoxy) is 1. The van der Waals surface area contributed by atoms with Gasteiger partial charge in [-0.1, -0.05) is 37.3 Å². The summed E-state index contributed by atoms with van der Waals surface area (Å²) >= 11 is 0. The van der Waals surface area contributed by atoms with Crippen LogP contribution in [0.2, 0.25) is 0 Å². The van der Waals surface area contributed by atoms with Gasteiger partial charge in [-0.2, -0.15) is 0 Å². The Bertz CT molecular complexity index is 1510. The van der Waals surface area contributed by atoms with Crippen molar-refractivity contribution < 1.29 is 24.2 Å². The molecular formula is C28H23N3O5. The highest BCUT2D eigenvalue weighted by Crippen LogP contribution is 2.42. The smallest absolute Gasteiger partial charge is 0.338 e. The van der Waals surface area contributed by atoms with Crippen molar-refractivity contribution in [3.63, 3.8) is 0 Å². The van der Waals surface area contributed by atoms with E-state index in [1.54, 1.807) is 48.8 Å². The van der Waals surface area contributed by atoms with Gasteiger partial charge in [-0.05, 0) is 42.8 Å². The van der Waals surface area contributed by atoms with Crippen molar-refractivity contribution in [2.24, 2.45) is 0 Å². The first kappa shape index (κ1) is 23.0. The Hall–Kier alpha value is -4.72. The van der Waals surface area contributed by atoms with Gasteiger partial charge >= 0.3 is 5.97 Å². The molecular weight excluding hydrogens is 458 g/mol. The summed E-state index contributed by atoms with van der Waals surface area (Å²) in [4.78, 5) is 47.9. The number of aliphatic hydroxyl groups excluding tert-OH is 1. The predicted molar refractivity (Wildman–Crippen MR) is 134 cm³/mol. The van der Waals surface area contributed by atoms with Crippen LogP contribution in [0.25, 0.3) is 16.7 Å². The monoisotopic (exact) mass is 481 g/mol. The molecule has 2 aromatic carbocycles. The zero-order chi connectivity index (χ0) is 25.2. The third kappa shape index (κ3) is 3.92. The average molecular weight is 482 g/mol. The fraction of sp³-hybridized carbons (Fsp3) is 0.143. The molecule has 1 amide bonds. The van der Waals surface area contributed by atoms with Gasteiger partial charge in [0.05, 0.1) is 23.4 Å². The quantitative estimate of drug-likeness (QED) is 0.178. The van der Waals surface area contributed by atoms with Crippen LogP contribution in [0.1, 0.15) is 41.0 Å². The second-order valence-corrected chi connectivity index (χ2v) is 8.36. The normalized spacial score (nSPS) is 17.0. The molecule has 2 N–H and O–H groups in total. The van der Waals surface area contributed by atoms with Crippen molar-refractivity contribution >= 4 is 40.0 Å². The molecule has 180 valence electrons. The van der Waals surface area contributed by atoms with Gasteiger partial charge in [0.25, 0.3) is 11.7 Å². The van der Waals surface area contributed by atoms with E-state index in [9.17, 15) is 19.5 Å². The Morgan fingerprint density at radius 1 is 1.08 bits per heavy atom. The van der Waals surface area contributed by atoms with Crippen LogP contribution in [-0.2, 0) is 14.3 Å². The molecule has 1 aliphatic heterocycles. The van der Waals surface area contributed by atoms with Crippen molar-refractivity contribution in [1.29, 1.82) is 0 Å². The number of ketones is 1. The summed E-state index contributed by atoms with van der Waals surface area (Å²) in [5.41, 5.74) is 2.07.